The third kappa shape index (κ3) is 4.36. The fourth-order valence-electron chi connectivity index (χ4n) is 3.89. The highest BCUT2D eigenvalue weighted by atomic mass is 32.1. The van der Waals surface area contributed by atoms with E-state index < -0.39 is 5.97 Å². The average Bonchev–Trinajstić information content (AvgIpc) is 3.26. The number of aryl methyl sites for hydroxylation is 2. The van der Waals surface area contributed by atoms with Gasteiger partial charge in [0.1, 0.15) is 16.1 Å². The molecule has 1 N–H and O–H groups in total. The lowest BCUT2D eigenvalue weighted by Gasteiger charge is -2.08. The maximum atomic E-state index is 13.1. The first-order valence-electron chi connectivity index (χ1n) is 11.2. The minimum atomic E-state index is -0.460. The number of rotatable bonds is 5. The number of pyridine rings is 1. The summed E-state index contributed by atoms with van der Waals surface area (Å²) in [6.07, 6.45) is 1.38. The summed E-state index contributed by atoms with van der Waals surface area (Å²) in [5.41, 5.74) is 5.40. The number of thiophene rings is 1. The molecule has 2 aromatic carbocycles. The Labute approximate surface area is 210 Å². The molecule has 180 valence electrons. The average molecular weight is 499 g/mol. The van der Waals surface area contributed by atoms with E-state index >= 15 is 0 Å². The van der Waals surface area contributed by atoms with Gasteiger partial charge < -0.3 is 10.1 Å². The van der Waals surface area contributed by atoms with Crippen LogP contribution in [-0.4, -0.2) is 33.5 Å². The molecule has 0 spiro atoms. The van der Waals surface area contributed by atoms with Crippen molar-refractivity contribution in [1.29, 1.82) is 0 Å². The molecule has 0 saturated carbocycles. The summed E-state index contributed by atoms with van der Waals surface area (Å²) >= 11 is 1.27. The van der Waals surface area contributed by atoms with E-state index in [9.17, 15) is 14.4 Å². The van der Waals surface area contributed by atoms with Gasteiger partial charge in [-0.05, 0) is 67.4 Å². The van der Waals surface area contributed by atoms with Gasteiger partial charge in [-0.3, -0.25) is 14.2 Å². The third-order valence-electron chi connectivity index (χ3n) is 6.02. The number of methoxy groups -OCH3 is 1. The van der Waals surface area contributed by atoms with Gasteiger partial charge in [0.15, 0.2) is 0 Å². The molecule has 0 atom stereocenters. The Kier molecular flexibility index (Phi) is 6.07. The van der Waals surface area contributed by atoms with Crippen LogP contribution in [0.4, 0.5) is 5.69 Å². The first-order chi connectivity index (χ1) is 17.3. The van der Waals surface area contributed by atoms with Crippen molar-refractivity contribution in [2.45, 2.75) is 20.4 Å². The number of hydrogen-bond acceptors (Lipinski definition) is 7. The molecule has 0 unspecified atom stereocenters. The number of benzene rings is 2. The number of nitrogens with one attached hydrogen (secondary N) is 1. The molecule has 5 aromatic rings. The molecule has 0 aliphatic carbocycles. The second kappa shape index (κ2) is 9.35. The van der Waals surface area contributed by atoms with Crippen molar-refractivity contribution < 1.29 is 14.3 Å². The Hall–Kier alpha value is -4.37. The van der Waals surface area contributed by atoms with Crippen LogP contribution in [0, 0.1) is 13.8 Å². The van der Waals surface area contributed by atoms with E-state index in [4.69, 9.17) is 4.98 Å². The zero-order chi connectivity index (χ0) is 25.4. The summed E-state index contributed by atoms with van der Waals surface area (Å²) in [5.74, 6) is -0.849. The molecule has 1 amide bonds. The van der Waals surface area contributed by atoms with Gasteiger partial charge in [0, 0.05) is 16.6 Å². The number of amides is 1. The molecule has 9 heteroatoms. The minimum Gasteiger partial charge on any atom is -0.465 e. The van der Waals surface area contributed by atoms with Crippen LogP contribution in [0.1, 0.15) is 21.5 Å². The third-order valence-corrected chi connectivity index (χ3v) is 7.09. The Morgan fingerprint density at radius 3 is 2.53 bits per heavy atom. The van der Waals surface area contributed by atoms with Crippen molar-refractivity contribution in [2.24, 2.45) is 0 Å². The van der Waals surface area contributed by atoms with Crippen molar-refractivity contribution in [2.75, 3.05) is 12.4 Å². The summed E-state index contributed by atoms with van der Waals surface area (Å²) in [4.78, 5) is 47.2. The molecule has 0 fully saturated rings. The van der Waals surface area contributed by atoms with Gasteiger partial charge >= 0.3 is 5.97 Å². The lowest BCUT2D eigenvalue weighted by Crippen LogP contribution is -2.27. The predicted octanol–water partition coefficient (Wildman–Crippen LogP) is 4.72. The number of nitrogens with zero attached hydrogens (tertiary/aromatic N) is 3. The minimum absolute atomic E-state index is 0.198. The molecule has 0 radical (unpaired) electrons. The summed E-state index contributed by atoms with van der Waals surface area (Å²) in [6.45, 7) is 3.94. The second-order valence-electron chi connectivity index (χ2n) is 8.42. The summed E-state index contributed by atoms with van der Waals surface area (Å²) in [6, 6.07) is 16.4. The summed E-state index contributed by atoms with van der Waals surface area (Å²) in [7, 11) is 1.30. The maximum Gasteiger partial charge on any atom is 0.337 e. The van der Waals surface area contributed by atoms with E-state index in [0.29, 0.717) is 21.5 Å². The monoisotopic (exact) mass is 498 g/mol. The van der Waals surface area contributed by atoms with E-state index in [1.807, 2.05) is 18.2 Å². The molecule has 5 rings (SSSR count). The predicted molar refractivity (Wildman–Crippen MR) is 141 cm³/mol. The quantitative estimate of drug-likeness (QED) is 0.352. The van der Waals surface area contributed by atoms with Crippen LogP contribution < -0.4 is 10.9 Å². The number of esters is 1. The van der Waals surface area contributed by atoms with Gasteiger partial charge in [-0.1, -0.05) is 12.1 Å². The van der Waals surface area contributed by atoms with Crippen molar-refractivity contribution in [3.63, 3.8) is 0 Å². The van der Waals surface area contributed by atoms with Crippen LogP contribution in [0.25, 0.3) is 31.7 Å². The first kappa shape index (κ1) is 23.4. The number of ether oxygens (including phenoxy) is 1. The zero-order valence-corrected chi connectivity index (χ0v) is 20.7. The van der Waals surface area contributed by atoms with Crippen LogP contribution in [0.15, 0.2) is 65.7 Å². The van der Waals surface area contributed by atoms with Crippen molar-refractivity contribution in [1.82, 2.24) is 14.5 Å². The maximum absolute atomic E-state index is 13.1. The van der Waals surface area contributed by atoms with Gasteiger partial charge in [-0.25, -0.2) is 14.8 Å². The molecule has 0 saturated heterocycles. The van der Waals surface area contributed by atoms with E-state index in [0.717, 1.165) is 21.5 Å². The van der Waals surface area contributed by atoms with Crippen molar-refractivity contribution >= 4 is 49.3 Å². The highest BCUT2D eigenvalue weighted by molar-refractivity contribution is 7.25. The number of anilines is 1. The highest BCUT2D eigenvalue weighted by Crippen LogP contribution is 2.31. The number of carbonyl (C=O) groups excluding carboxylic acids is 2. The SMILES string of the molecule is COC(=O)c1ccc(NC(=O)Cn2cnc3c(sc4nc(-c5ccc(C)c(C)c5)ccc43)c2=O)cc1. The van der Waals surface area contributed by atoms with Crippen LogP contribution in [0.3, 0.4) is 0 Å². The Bertz CT molecular complexity index is 1700. The molecule has 3 aromatic heterocycles. The number of carbonyl (C=O) groups is 2. The topological polar surface area (TPSA) is 103 Å². The van der Waals surface area contributed by atoms with E-state index in [2.05, 4.69) is 41.0 Å². The largest absolute Gasteiger partial charge is 0.465 e. The van der Waals surface area contributed by atoms with Crippen LogP contribution in [0.2, 0.25) is 0 Å². The summed E-state index contributed by atoms with van der Waals surface area (Å²) in [5, 5.41) is 3.53. The first-order valence-corrected chi connectivity index (χ1v) is 12.0. The molecule has 3 heterocycles. The lowest BCUT2D eigenvalue weighted by molar-refractivity contribution is -0.116. The second-order valence-corrected chi connectivity index (χ2v) is 9.42. The smallest absolute Gasteiger partial charge is 0.337 e. The van der Waals surface area contributed by atoms with Crippen molar-refractivity contribution in [3.8, 4) is 11.3 Å². The van der Waals surface area contributed by atoms with Gasteiger partial charge in [0.2, 0.25) is 5.91 Å². The van der Waals surface area contributed by atoms with E-state index in [-0.39, 0.29) is 18.0 Å². The fourth-order valence-corrected chi connectivity index (χ4v) is 4.96. The molecule has 8 nitrogen and oxygen atoms in total. The normalized spacial score (nSPS) is 11.1. The van der Waals surface area contributed by atoms with Crippen molar-refractivity contribution in [3.05, 3.63) is 88.0 Å². The molecular weight excluding hydrogens is 476 g/mol. The molecular formula is C27H22N4O4S. The van der Waals surface area contributed by atoms with Gasteiger partial charge in [0.05, 0.1) is 30.2 Å². The van der Waals surface area contributed by atoms with Gasteiger partial charge in [0.25, 0.3) is 5.56 Å². The van der Waals surface area contributed by atoms with Crippen LogP contribution in [0.5, 0.6) is 0 Å². The lowest BCUT2D eigenvalue weighted by atomic mass is 10.0. The molecule has 0 bridgehead atoms. The number of aromatic nitrogens is 3. The Morgan fingerprint density at radius 1 is 1.03 bits per heavy atom. The highest BCUT2D eigenvalue weighted by Gasteiger charge is 2.15. The summed E-state index contributed by atoms with van der Waals surface area (Å²) < 4.78 is 6.40. The van der Waals surface area contributed by atoms with Gasteiger partial charge in [-0.15, -0.1) is 11.3 Å². The number of hydrogen-bond donors (Lipinski definition) is 1. The van der Waals surface area contributed by atoms with Crippen LogP contribution >= 0.6 is 11.3 Å². The zero-order valence-electron chi connectivity index (χ0n) is 19.9. The van der Waals surface area contributed by atoms with E-state index in [1.165, 1.54) is 40.5 Å². The molecule has 0 aliphatic rings. The van der Waals surface area contributed by atoms with E-state index in [1.54, 1.807) is 24.3 Å². The fraction of sp³-hybridized carbons (Fsp3) is 0.148. The Morgan fingerprint density at radius 2 is 1.81 bits per heavy atom. The standard InChI is InChI=1S/C27H22N4O4S/c1-15-4-5-18(12-16(15)2)21-11-10-20-23-24(36-25(20)30-21)26(33)31(14-28-23)13-22(32)29-19-8-6-17(7-9-19)27(34)35-3/h4-12,14H,13H2,1-3H3,(H,29,32). The van der Waals surface area contributed by atoms with Crippen LogP contribution in [-0.2, 0) is 16.1 Å². The molecule has 36 heavy (non-hydrogen) atoms. The molecule has 0 aliphatic heterocycles. The Balaban J connectivity index is 1.40. The number of fused-ring (bicyclic) bond motifs is 3. The van der Waals surface area contributed by atoms with Gasteiger partial charge in [-0.2, -0.15) is 0 Å².